The molecule has 0 heterocycles. The summed E-state index contributed by atoms with van der Waals surface area (Å²) in [5.41, 5.74) is 0. The molecule has 0 aliphatic carbocycles. The van der Waals surface area contributed by atoms with Crippen molar-refractivity contribution < 1.29 is 14.6 Å². The molecule has 2 aromatic rings. The van der Waals surface area contributed by atoms with Gasteiger partial charge in [-0.05, 0) is 29.8 Å². The first kappa shape index (κ1) is 10.5. The second-order valence-electron chi connectivity index (χ2n) is 3.61. The molecule has 0 saturated carbocycles. The van der Waals surface area contributed by atoms with Gasteiger partial charge in [0.05, 0.1) is 0 Å². The van der Waals surface area contributed by atoms with Crippen LogP contribution in [0, 0.1) is 0 Å². The summed E-state index contributed by atoms with van der Waals surface area (Å²) in [6, 6.07) is 13.4. The zero-order valence-corrected chi connectivity index (χ0v) is 8.88. The SMILES string of the molecule is C[C@H](Oc1ccc2ccccc2c1)C(=O)O. The minimum absolute atomic E-state index is 0.577. The Morgan fingerprint density at radius 3 is 2.56 bits per heavy atom. The van der Waals surface area contributed by atoms with Crippen LogP contribution in [0.25, 0.3) is 10.8 Å². The number of carboxylic acids is 1. The number of carboxylic acid groups (broad SMARTS) is 1. The Balaban J connectivity index is 2.29. The van der Waals surface area contributed by atoms with Crippen molar-refractivity contribution in [2.75, 3.05) is 0 Å². The van der Waals surface area contributed by atoms with Gasteiger partial charge in [0.2, 0.25) is 0 Å². The summed E-state index contributed by atoms with van der Waals surface area (Å²) >= 11 is 0. The van der Waals surface area contributed by atoms with E-state index in [2.05, 4.69) is 0 Å². The Bertz CT molecular complexity index is 519. The van der Waals surface area contributed by atoms with Gasteiger partial charge in [-0.2, -0.15) is 0 Å². The van der Waals surface area contributed by atoms with Crippen molar-refractivity contribution in [1.82, 2.24) is 0 Å². The van der Waals surface area contributed by atoms with Crippen molar-refractivity contribution in [2.24, 2.45) is 0 Å². The molecule has 0 bridgehead atoms. The van der Waals surface area contributed by atoms with E-state index in [4.69, 9.17) is 9.84 Å². The van der Waals surface area contributed by atoms with Crippen molar-refractivity contribution >= 4 is 16.7 Å². The fraction of sp³-hybridized carbons (Fsp3) is 0.154. The highest BCUT2D eigenvalue weighted by atomic mass is 16.5. The van der Waals surface area contributed by atoms with Crippen LogP contribution in [0.15, 0.2) is 42.5 Å². The highest BCUT2D eigenvalue weighted by Crippen LogP contribution is 2.21. The number of hydrogen-bond donors (Lipinski definition) is 1. The number of fused-ring (bicyclic) bond motifs is 1. The first-order valence-corrected chi connectivity index (χ1v) is 5.05. The van der Waals surface area contributed by atoms with Gasteiger partial charge in [0.15, 0.2) is 6.10 Å². The minimum Gasteiger partial charge on any atom is -0.479 e. The van der Waals surface area contributed by atoms with Crippen LogP contribution in [0.4, 0.5) is 0 Å². The van der Waals surface area contributed by atoms with Crippen LogP contribution < -0.4 is 4.74 Å². The Labute approximate surface area is 93.3 Å². The highest BCUT2D eigenvalue weighted by Gasteiger charge is 2.12. The molecule has 1 N–H and O–H groups in total. The van der Waals surface area contributed by atoms with Gasteiger partial charge >= 0.3 is 5.97 Å². The fourth-order valence-electron chi connectivity index (χ4n) is 1.50. The maximum absolute atomic E-state index is 10.6. The van der Waals surface area contributed by atoms with Gasteiger partial charge in [0, 0.05) is 0 Å². The fourth-order valence-corrected chi connectivity index (χ4v) is 1.50. The number of hydrogen-bond acceptors (Lipinski definition) is 2. The van der Waals surface area contributed by atoms with Crippen LogP contribution in [0.2, 0.25) is 0 Å². The van der Waals surface area contributed by atoms with Gasteiger partial charge in [-0.3, -0.25) is 0 Å². The molecule has 3 nitrogen and oxygen atoms in total. The summed E-state index contributed by atoms with van der Waals surface area (Å²) in [5.74, 6) is -0.387. The van der Waals surface area contributed by atoms with Gasteiger partial charge in [-0.25, -0.2) is 4.79 Å². The van der Waals surface area contributed by atoms with Crippen molar-refractivity contribution in [3.05, 3.63) is 42.5 Å². The molecule has 0 unspecified atom stereocenters. The Morgan fingerprint density at radius 2 is 1.88 bits per heavy atom. The number of aliphatic carboxylic acids is 1. The molecule has 82 valence electrons. The number of carbonyl (C=O) groups is 1. The van der Waals surface area contributed by atoms with E-state index in [-0.39, 0.29) is 0 Å². The van der Waals surface area contributed by atoms with Gasteiger partial charge in [-0.15, -0.1) is 0 Å². The standard InChI is InChI=1S/C13H12O3/c1-9(13(14)15)16-12-7-6-10-4-2-3-5-11(10)8-12/h2-9H,1H3,(H,14,15)/t9-/m0/s1. The predicted octanol–water partition coefficient (Wildman–Crippen LogP) is 2.69. The van der Waals surface area contributed by atoms with E-state index in [0.29, 0.717) is 5.75 Å². The van der Waals surface area contributed by atoms with Crippen LogP contribution in [0.5, 0.6) is 5.75 Å². The van der Waals surface area contributed by atoms with E-state index < -0.39 is 12.1 Å². The summed E-state index contributed by atoms with van der Waals surface area (Å²) in [4.78, 5) is 10.6. The monoisotopic (exact) mass is 216 g/mol. The molecule has 0 aliphatic rings. The lowest BCUT2D eigenvalue weighted by Crippen LogP contribution is -2.22. The molecule has 3 heteroatoms. The van der Waals surface area contributed by atoms with Crippen LogP contribution in [-0.4, -0.2) is 17.2 Å². The summed E-state index contributed by atoms with van der Waals surface area (Å²) < 4.78 is 5.28. The lowest BCUT2D eigenvalue weighted by Gasteiger charge is -2.10. The van der Waals surface area contributed by atoms with E-state index in [0.717, 1.165) is 10.8 Å². The zero-order chi connectivity index (χ0) is 11.5. The number of ether oxygens (including phenoxy) is 1. The van der Waals surface area contributed by atoms with Crippen LogP contribution in [-0.2, 0) is 4.79 Å². The normalized spacial score (nSPS) is 12.3. The third-order valence-corrected chi connectivity index (χ3v) is 2.38. The first-order valence-electron chi connectivity index (χ1n) is 5.05. The molecule has 0 spiro atoms. The molecule has 0 fully saturated rings. The summed E-state index contributed by atoms with van der Waals surface area (Å²) in [7, 11) is 0. The van der Waals surface area contributed by atoms with E-state index in [1.165, 1.54) is 6.92 Å². The first-order chi connectivity index (χ1) is 7.66. The number of rotatable bonds is 3. The highest BCUT2D eigenvalue weighted by molar-refractivity contribution is 5.83. The summed E-state index contributed by atoms with van der Waals surface area (Å²) in [5, 5.41) is 10.9. The molecular weight excluding hydrogens is 204 g/mol. The maximum atomic E-state index is 10.6. The van der Waals surface area contributed by atoms with Crippen molar-refractivity contribution in [3.8, 4) is 5.75 Å². The van der Waals surface area contributed by atoms with Crippen LogP contribution in [0.3, 0.4) is 0 Å². The molecule has 0 aliphatic heterocycles. The van der Waals surface area contributed by atoms with Crippen LogP contribution in [0.1, 0.15) is 6.92 Å². The summed E-state index contributed by atoms with van der Waals surface area (Å²) in [6.07, 6.45) is -0.832. The van der Waals surface area contributed by atoms with Gasteiger partial charge in [-0.1, -0.05) is 30.3 Å². The third-order valence-electron chi connectivity index (χ3n) is 2.38. The largest absolute Gasteiger partial charge is 0.479 e. The predicted molar refractivity (Wildman–Crippen MR) is 61.7 cm³/mol. The second-order valence-corrected chi connectivity index (χ2v) is 3.61. The van der Waals surface area contributed by atoms with E-state index >= 15 is 0 Å². The van der Waals surface area contributed by atoms with E-state index in [9.17, 15) is 4.79 Å². The Kier molecular flexibility index (Phi) is 2.77. The smallest absolute Gasteiger partial charge is 0.344 e. The molecule has 2 aromatic carbocycles. The molecule has 1 atom stereocenters. The van der Waals surface area contributed by atoms with Crippen LogP contribution >= 0.6 is 0 Å². The topological polar surface area (TPSA) is 46.5 Å². The average molecular weight is 216 g/mol. The third kappa shape index (κ3) is 2.14. The second kappa shape index (κ2) is 4.23. The summed E-state index contributed by atoms with van der Waals surface area (Å²) in [6.45, 7) is 1.51. The Morgan fingerprint density at radius 1 is 1.19 bits per heavy atom. The zero-order valence-electron chi connectivity index (χ0n) is 8.88. The number of benzene rings is 2. The van der Waals surface area contributed by atoms with Gasteiger partial charge in [0.25, 0.3) is 0 Å². The lowest BCUT2D eigenvalue weighted by atomic mass is 10.1. The van der Waals surface area contributed by atoms with Crippen molar-refractivity contribution in [3.63, 3.8) is 0 Å². The minimum atomic E-state index is -0.965. The van der Waals surface area contributed by atoms with Crippen molar-refractivity contribution in [1.29, 1.82) is 0 Å². The molecule has 16 heavy (non-hydrogen) atoms. The van der Waals surface area contributed by atoms with E-state index in [1.807, 2.05) is 36.4 Å². The molecule has 2 rings (SSSR count). The quantitative estimate of drug-likeness (QED) is 0.858. The molecule has 0 radical (unpaired) electrons. The molecular formula is C13H12O3. The molecule has 0 saturated heterocycles. The van der Waals surface area contributed by atoms with E-state index in [1.54, 1.807) is 6.07 Å². The average Bonchev–Trinajstić information content (AvgIpc) is 2.28. The molecule has 0 aromatic heterocycles. The van der Waals surface area contributed by atoms with Gasteiger partial charge < -0.3 is 9.84 Å². The Hall–Kier alpha value is -2.03. The maximum Gasteiger partial charge on any atom is 0.344 e. The lowest BCUT2D eigenvalue weighted by molar-refractivity contribution is -0.144. The van der Waals surface area contributed by atoms with Gasteiger partial charge in [0.1, 0.15) is 5.75 Å². The van der Waals surface area contributed by atoms with Crippen molar-refractivity contribution in [2.45, 2.75) is 13.0 Å². The molecule has 0 amide bonds.